The molecule has 1 fully saturated rings. The van der Waals surface area contributed by atoms with Crippen LogP contribution in [0.5, 0.6) is 5.75 Å². The number of fused-ring (bicyclic) bond motifs is 1. The summed E-state index contributed by atoms with van der Waals surface area (Å²) in [5.41, 5.74) is 4.04. The molecule has 4 heteroatoms. The number of hydrogen-bond acceptors (Lipinski definition) is 4. The summed E-state index contributed by atoms with van der Waals surface area (Å²) in [5.74, 6) is 1.11. The quantitative estimate of drug-likeness (QED) is 0.771. The van der Waals surface area contributed by atoms with Crippen molar-refractivity contribution in [2.75, 3.05) is 12.8 Å². The van der Waals surface area contributed by atoms with Crippen molar-refractivity contribution in [2.45, 2.75) is 55.8 Å². The Morgan fingerprint density at radius 2 is 2.08 bits per heavy atom. The Kier molecular flexibility index (Phi) is 5.53. The molecule has 0 aromatic heterocycles. The first-order valence-electron chi connectivity index (χ1n) is 9.63. The third kappa shape index (κ3) is 3.78. The van der Waals surface area contributed by atoms with Crippen LogP contribution in [0.2, 0.25) is 0 Å². The summed E-state index contributed by atoms with van der Waals surface area (Å²) in [6.45, 7) is 4.11. The van der Waals surface area contributed by atoms with E-state index in [1.807, 2.05) is 11.8 Å². The molecule has 2 N–H and O–H groups in total. The molecule has 138 valence electrons. The molecule has 0 saturated carbocycles. The smallest absolute Gasteiger partial charge is 0.127 e. The Labute approximate surface area is 160 Å². The lowest BCUT2D eigenvalue weighted by molar-refractivity contribution is 0.250. The fraction of sp³-hybridized carbons (Fsp3) is 0.455. The molecule has 1 saturated heterocycles. The van der Waals surface area contributed by atoms with E-state index in [0.29, 0.717) is 12.1 Å². The molecule has 2 aromatic carbocycles. The predicted octanol–water partition coefficient (Wildman–Crippen LogP) is 4.31. The van der Waals surface area contributed by atoms with E-state index in [1.165, 1.54) is 34.4 Å². The summed E-state index contributed by atoms with van der Waals surface area (Å²) in [5, 5.41) is 7.54. The van der Waals surface area contributed by atoms with Gasteiger partial charge in [-0.15, -0.1) is 11.8 Å². The van der Waals surface area contributed by atoms with Crippen LogP contribution < -0.4 is 15.4 Å². The van der Waals surface area contributed by atoms with E-state index in [2.05, 4.69) is 66.3 Å². The molecular formula is C22H28N2OS. The van der Waals surface area contributed by atoms with E-state index >= 15 is 0 Å². The molecule has 2 heterocycles. The Morgan fingerprint density at radius 3 is 2.88 bits per heavy atom. The van der Waals surface area contributed by atoms with Crippen LogP contribution in [0.3, 0.4) is 0 Å². The van der Waals surface area contributed by atoms with Gasteiger partial charge < -0.3 is 15.4 Å². The lowest BCUT2D eigenvalue weighted by Crippen LogP contribution is -2.45. The molecule has 0 amide bonds. The summed E-state index contributed by atoms with van der Waals surface area (Å²) in [6, 6.07) is 16.2. The molecule has 3 nitrogen and oxygen atoms in total. The lowest BCUT2D eigenvalue weighted by Gasteiger charge is -2.34. The van der Waals surface area contributed by atoms with Gasteiger partial charge in [0.2, 0.25) is 0 Å². The van der Waals surface area contributed by atoms with Gasteiger partial charge in [0.15, 0.2) is 0 Å². The first-order valence-corrected chi connectivity index (χ1v) is 10.8. The van der Waals surface area contributed by atoms with Gasteiger partial charge in [-0.05, 0) is 55.8 Å². The number of benzene rings is 2. The van der Waals surface area contributed by atoms with Crippen LogP contribution in [-0.4, -0.2) is 24.9 Å². The van der Waals surface area contributed by atoms with E-state index in [-0.39, 0.29) is 6.10 Å². The van der Waals surface area contributed by atoms with Gasteiger partial charge in [-0.2, -0.15) is 0 Å². The molecule has 2 aliphatic heterocycles. The Hall–Kier alpha value is -1.49. The highest BCUT2D eigenvalue weighted by atomic mass is 32.2. The van der Waals surface area contributed by atoms with Crippen molar-refractivity contribution in [3.63, 3.8) is 0 Å². The van der Waals surface area contributed by atoms with Crippen LogP contribution in [0.25, 0.3) is 0 Å². The van der Waals surface area contributed by atoms with Gasteiger partial charge in [0.1, 0.15) is 11.9 Å². The van der Waals surface area contributed by atoms with Gasteiger partial charge in [-0.1, -0.05) is 30.3 Å². The van der Waals surface area contributed by atoms with Crippen molar-refractivity contribution in [1.82, 2.24) is 10.6 Å². The number of rotatable bonds is 5. The van der Waals surface area contributed by atoms with Crippen LogP contribution in [0.1, 0.15) is 42.5 Å². The standard InChI is InChI=1S/C22H28N2OS/c1-15-11-17-12-19(26-2)13-18(22(17)25-15)14-24-20-9-6-10-23-21(20)16-7-4-3-5-8-16/h3-5,7-8,12-13,15,20-21,23-24H,6,9-11,14H2,1-2H3/t15?,20-,21-/m0/s1. The molecular weight excluding hydrogens is 340 g/mol. The highest BCUT2D eigenvalue weighted by molar-refractivity contribution is 7.98. The molecule has 26 heavy (non-hydrogen) atoms. The SMILES string of the molecule is CSc1cc(CN[C@H]2CCCN[C@H]2c2ccccc2)c2c(c1)CC(C)O2. The van der Waals surface area contributed by atoms with Gasteiger partial charge in [0.05, 0.1) is 0 Å². The molecule has 4 rings (SSSR count). The fourth-order valence-electron chi connectivity index (χ4n) is 4.19. The zero-order chi connectivity index (χ0) is 17.9. The monoisotopic (exact) mass is 368 g/mol. The van der Waals surface area contributed by atoms with Crippen LogP contribution in [0.15, 0.2) is 47.4 Å². The van der Waals surface area contributed by atoms with Crippen LogP contribution in [-0.2, 0) is 13.0 Å². The molecule has 2 aliphatic rings. The normalized spacial score (nSPS) is 24.9. The number of nitrogens with one attached hydrogen (secondary N) is 2. The fourth-order valence-corrected chi connectivity index (χ4v) is 4.71. The van der Waals surface area contributed by atoms with Gasteiger partial charge >= 0.3 is 0 Å². The Bertz CT molecular complexity index is 749. The first-order chi connectivity index (χ1) is 12.7. The van der Waals surface area contributed by atoms with E-state index < -0.39 is 0 Å². The van der Waals surface area contributed by atoms with E-state index in [4.69, 9.17) is 4.74 Å². The number of ether oxygens (including phenoxy) is 1. The molecule has 0 radical (unpaired) electrons. The maximum atomic E-state index is 6.12. The van der Waals surface area contributed by atoms with Gasteiger partial charge in [0.25, 0.3) is 0 Å². The number of hydrogen-bond donors (Lipinski definition) is 2. The average Bonchev–Trinajstić information content (AvgIpc) is 3.07. The van der Waals surface area contributed by atoms with Crippen molar-refractivity contribution < 1.29 is 4.74 Å². The van der Waals surface area contributed by atoms with Gasteiger partial charge in [-0.3, -0.25) is 0 Å². The summed E-state index contributed by atoms with van der Waals surface area (Å²) in [7, 11) is 0. The van der Waals surface area contributed by atoms with E-state index in [0.717, 1.165) is 25.3 Å². The Balaban J connectivity index is 1.52. The minimum Gasteiger partial charge on any atom is -0.490 e. The minimum atomic E-state index is 0.286. The first kappa shape index (κ1) is 17.9. The average molecular weight is 369 g/mol. The lowest BCUT2D eigenvalue weighted by atomic mass is 9.92. The minimum absolute atomic E-state index is 0.286. The summed E-state index contributed by atoms with van der Waals surface area (Å²) < 4.78 is 6.12. The zero-order valence-corrected chi connectivity index (χ0v) is 16.4. The third-order valence-corrected chi connectivity index (χ3v) is 6.16. The molecule has 1 unspecified atom stereocenters. The van der Waals surface area contributed by atoms with Crippen molar-refractivity contribution in [3.05, 3.63) is 59.2 Å². The van der Waals surface area contributed by atoms with E-state index in [1.54, 1.807) is 0 Å². The van der Waals surface area contributed by atoms with E-state index in [9.17, 15) is 0 Å². The summed E-state index contributed by atoms with van der Waals surface area (Å²) >= 11 is 1.81. The summed E-state index contributed by atoms with van der Waals surface area (Å²) in [6.07, 6.45) is 5.88. The number of thioether (sulfide) groups is 1. The van der Waals surface area contributed by atoms with Crippen molar-refractivity contribution in [1.29, 1.82) is 0 Å². The number of piperidine rings is 1. The topological polar surface area (TPSA) is 33.3 Å². The van der Waals surface area contributed by atoms with Crippen molar-refractivity contribution in [3.8, 4) is 5.75 Å². The highest BCUT2D eigenvalue weighted by Crippen LogP contribution is 2.36. The third-order valence-electron chi connectivity index (χ3n) is 5.45. The van der Waals surface area contributed by atoms with Gasteiger partial charge in [-0.25, -0.2) is 0 Å². The highest BCUT2D eigenvalue weighted by Gasteiger charge is 2.27. The molecule has 2 aromatic rings. The summed E-state index contributed by atoms with van der Waals surface area (Å²) in [4.78, 5) is 1.33. The second-order valence-corrected chi connectivity index (χ2v) is 8.26. The molecule has 0 bridgehead atoms. The zero-order valence-electron chi connectivity index (χ0n) is 15.6. The maximum absolute atomic E-state index is 6.12. The van der Waals surface area contributed by atoms with Crippen LogP contribution in [0, 0.1) is 0 Å². The van der Waals surface area contributed by atoms with Crippen molar-refractivity contribution in [2.24, 2.45) is 0 Å². The Morgan fingerprint density at radius 1 is 1.23 bits per heavy atom. The second kappa shape index (κ2) is 8.03. The maximum Gasteiger partial charge on any atom is 0.127 e. The van der Waals surface area contributed by atoms with Gasteiger partial charge in [0, 0.05) is 35.5 Å². The molecule has 3 atom stereocenters. The van der Waals surface area contributed by atoms with Crippen LogP contribution in [0.4, 0.5) is 0 Å². The van der Waals surface area contributed by atoms with Crippen molar-refractivity contribution >= 4 is 11.8 Å². The van der Waals surface area contributed by atoms with Crippen LogP contribution >= 0.6 is 11.8 Å². The predicted molar refractivity (Wildman–Crippen MR) is 109 cm³/mol. The molecule has 0 spiro atoms. The second-order valence-electron chi connectivity index (χ2n) is 7.38. The molecule has 0 aliphatic carbocycles. The largest absolute Gasteiger partial charge is 0.490 e.